The first kappa shape index (κ1) is 19.0. The van der Waals surface area contributed by atoms with E-state index in [1.807, 2.05) is 6.92 Å². The highest BCUT2D eigenvalue weighted by Gasteiger charge is 2.30. The van der Waals surface area contributed by atoms with Crippen molar-refractivity contribution in [2.45, 2.75) is 44.0 Å². The quantitative estimate of drug-likeness (QED) is 0.416. The number of hydrogen-bond acceptors (Lipinski definition) is 6. The molecule has 0 saturated heterocycles. The summed E-state index contributed by atoms with van der Waals surface area (Å²) < 4.78 is 31.9. The summed E-state index contributed by atoms with van der Waals surface area (Å²) in [6.07, 6.45) is 1.64. The lowest BCUT2D eigenvalue weighted by molar-refractivity contribution is -0.387. The van der Waals surface area contributed by atoms with Gasteiger partial charge in [-0.1, -0.05) is 31.9 Å². The number of sulfonamides is 1. The van der Waals surface area contributed by atoms with Gasteiger partial charge in [-0.2, -0.15) is 4.72 Å². The monoisotopic (exact) mass is 344 g/mol. The second-order valence-corrected chi connectivity index (χ2v) is 6.48. The summed E-state index contributed by atoms with van der Waals surface area (Å²) in [7, 11) is -4.22. The second-order valence-electron chi connectivity index (χ2n) is 4.79. The van der Waals surface area contributed by atoms with Crippen molar-refractivity contribution in [2.75, 3.05) is 6.61 Å². The standard InChI is InChI=1S/C14H20N2O6S/c1-3-5-8-11(14(17)22-4-2)15-23(20,21)13-10-7-6-9-12(13)16(18)19/h6-7,9-11,15H,3-5,8H2,1-2H3. The number of unbranched alkanes of at least 4 members (excludes halogenated alkanes) is 1. The molecule has 0 aliphatic rings. The van der Waals surface area contributed by atoms with E-state index in [2.05, 4.69) is 4.72 Å². The van der Waals surface area contributed by atoms with Gasteiger partial charge in [0.15, 0.2) is 4.90 Å². The van der Waals surface area contributed by atoms with Crippen molar-refractivity contribution in [3.8, 4) is 0 Å². The van der Waals surface area contributed by atoms with Crippen LogP contribution in [0.3, 0.4) is 0 Å². The molecule has 0 aliphatic carbocycles. The summed E-state index contributed by atoms with van der Waals surface area (Å²) in [6, 6.07) is 3.91. The van der Waals surface area contributed by atoms with Crippen molar-refractivity contribution in [3.05, 3.63) is 34.4 Å². The molecule has 1 atom stereocenters. The summed E-state index contributed by atoms with van der Waals surface area (Å²) in [5.41, 5.74) is -0.543. The first-order valence-electron chi connectivity index (χ1n) is 7.25. The molecule has 1 rings (SSSR count). The molecule has 1 unspecified atom stereocenters. The van der Waals surface area contributed by atoms with Gasteiger partial charge in [-0.15, -0.1) is 0 Å². The average Bonchev–Trinajstić information content (AvgIpc) is 2.51. The maximum absolute atomic E-state index is 12.4. The minimum absolute atomic E-state index is 0.120. The number of nitro groups is 1. The van der Waals surface area contributed by atoms with Crippen molar-refractivity contribution >= 4 is 21.7 Å². The molecule has 0 aliphatic heterocycles. The molecule has 9 heteroatoms. The van der Waals surface area contributed by atoms with Crippen LogP contribution in [0.4, 0.5) is 5.69 Å². The lowest BCUT2D eigenvalue weighted by atomic mass is 10.1. The fraction of sp³-hybridized carbons (Fsp3) is 0.500. The van der Waals surface area contributed by atoms with Crippen molar-refractivity contribution in [1.82, 2.24) is 4.72 Å². The van der Waals surface area contributed by atoms with Crippen LogP contribution in [-0.2, 0) is 19.6 Å². The Morgan fingerprint density at radius 2 is 2.00 bits per heavy atom. The Hall–Kier alpha value is -2.00. The number of nitro benzene ring substituents is 1. The van der Waals surface area contributed by atoms with Gasteiger partial charge in [0, 0.05) is 6.07 Å². The number of benzene rings is 1. The Balaban J connectivity index is 3.10. The lowest BCUT2D eigenvalue weighted by Crippen LogP contribution is -2.41. The molecule has 1 N–H and O–H groups in total. The van der Waals surface area contributed by atoms with Gasteiger partial charge in [0.05, 0.1) is 11.5 Å². The number of para-hydroxylation sites is 1. The van der Waals surface area contributed by atoms with E-state index in [1.54, 1.807) is 6.92 Å². The molecule has 0 bridgehead atoms. The van der Waals surface area contributed by atoms with E-state index in [9.17, 15) is 23.3 Å². The molecule has 0 aromatic heterocycles. The Labute approximate surface area is 135 Å². The molecule has 1 aromatic rings. The zero-order valence-corrected chi connectivity index (χ0v) is 13.8. The highest BCUT2D eigenvalue weighted by molar-refractivity contribution is 7.89. The normalized spacial score (nSPS) is 12.6. The number of nitrogens with zero attached hydrogens (tertiary/aromatic N) is 1. The molecule has 8 nitrogen and oxygen atoms in total. The number of ether oxygens (including phenoxy) is 1. The van der Waals surface area contributed by atoms with Crippen LogP contribution in [0.2, 0.25) is 0 Å². The van der Waals surface area contributed by atoms with E-state index in [1.165, 1.54) is 12.1 Å². The summed E-state index contributed by atoms with van der Waals surface area (Å²) in [5, 5.41) is 11.0. The molecule has 0 fully saturated rings. The van der Waals surface area contributed by atoms with E-state index in [4.69, 9.17) is 4.74 Å². The van der Waals surface area contributed by atoms with Crippen molar-refractivity contribution in [2.24, 2.45) is 0 Å². The van der Waals surface area contributed by atoms with E-state index >= 15 is 0 Å². The van der Waals surface area contributed by atoms with Crippen LogP contribution >= 0.6 is 0 Å². The predicted molar refractivity (Wildman–Crippen MR) is 83.4 cm³/mol. The van der Waals surface area contributed by atoms with Gasteiger partial charge in [-0.25, -0.2) is 8.42 Å². The highest BCUT2D eigenvalue weighted by Crippen LogP contribution is 2.23. The zero-order chi connectivity index (χ0) is 17.5. The van der Waals surface area contributed by atoms with Gasteiger partial charge in [-0.3, -0.25) is 14.9 Å². The Morgan fingerprint density at radius 1 is 1.35 bits per heavy atom. The molecule has 0 radical (unpaired) electrons. The largest absolute Gasteiger partial charge is 0.465 e. The third-order valence-electron chi connectivity index (χ3n) is 3.07. The molecule has 0 saturated carbocycles. The van der Waals surface area contributed by atoms with Gasteiger partial charge in [-0.05, 0) is 19.4 Å². The van der Waals surface area contributed by atoms with E-state index in [0.29, 0.717) is 6.42 Å². The van der Waals surface area contributed by atoms with Gasteiger partial charge in [0.1, 0.15) is 6.04 Å². The smallest absolute Gasteiger partial charge is 0.324 e. The Kier molecular flexibility index (Phi) is 7.11. The number of hydrogen-bond donors (Lipinski definition) is 1. The van der Waals surface area contributed by atoms with E-state index < -0.39 is 37.5 Å². The second kappa shape index (κ2) is 8.59. The fourth-order valence-electron chi connectivity index (χ4n) is 1.96. The molecule has 23 heavy (non-hydrogen) atoms. The van der Waals surface area contributed by atoms with Gasteiger partial charge in [0.25, 0.3) is 5.69 Å². The van der Waals surface area contributed by atoms with Gasteiger partial charge >= 0.3 is 5.97 Å². The van der Waals surface area contributed by atoms with Crippen LogP contribution in [-0.4, -0.2) is 32.0 Å². The molecule has 0 spiro atoms. The minimum atomic E-state index is -4.22. The lowest BCUT2D eigenvalue weighted by Gasteiger charge is -2.17. The predicted octanol–water partition coefficient (Wildman–Crippen LogP) is 2.00. The summed E-state index contributed by atoms with van der Waals surface area (Å²) in [4.78, 5) is 21.6. The van der Waals surface area contributed by atoms with Crippen molar-refractivity contribution in [1.29, 1.82) is 0 Å². The number of esters is 1. The highest BCUT2D eigenvalue weighted by atomic mass is 32.2. The third kappa shape index (κ3) is 5.29. The molecular formula is C14H20N2O6S. The van der Waals surface area contributed by atoms with Crippen LogP contribution in [0.25, 0.3) is 0 Å². The maximum atomic E-state index is 12.4. The molecular weight excluding hydrogens is 324 g/mol. The summed E-state index contributed by atoms with van der Waals surface area (Å²) in [6.45, 7) is 3.64. The average molecular weight is 344 g/mol. The molecule has 0 heterocycles. The van der Waals surface area contributed by atoms with Crippen LogP contribution < -0.4 is 4.72 Å². The maximum Gasteiger partial charge on any atom is 0.324 e. The first-order valence-corrected chi connectivity index (χ1v) is 8.74. The number of carbonyl (C=O) groups is 1. The fourth-order valence-corrected chi connectivity index (χ4v) is 3.35. The molecule has 1 aromatic carbocycles. The number of rotatable bonds is 9. The first-order chi connectivity index (χ1) is 10.8. The number of carbonyl (C=O) groups excluding carboxylic acids is 1. The van der Waals surface area contributed by atoms with Crippen LogP contribution in [0, 0.1) is 10.1 Å². The van der Waals surface area contributed by atoms with Crippen molar-refractivity contribution < 1.29 is 22.9 Å². The zero-order valence-electron chi connectivity index (χ0n) is 13.0. The Morgan fingerprint density at radius 3 is 2.57 bits per heavy atom. The van der Waals surface area contributed by atoms with Crippen molar-refractivity contribution in [3.63, 3.8) is 0 Å². The minimum Gasteiger partial charge on any atom is -0.465 e. The van der Waals surface area contributed by atoms with Crippen LogP contribution in [0.5, 0.6) is 0 Å². The molecule has 0 amide bonds. The van der Waals surface area contributed by atoms with Crippen LogP contribution in [0.1, 0.15) is 33.1 Å². The van der Waals surface area contributed by atoms with Crippen LogP contribution in [0.15, 0.2) is 29.2 Å². The topological polar surface area (TPSA) is 116 Å². The van der Waals surface area contributed by atoms with Gasteiger partial charge < -0.3 is 4.74 Å². The number of nitrogens with one attached hydrogen (secondary N) is 1. The summed E-state index contributed by atoms with van der Waals surface area (Å²) in [5.74, 6) is -0.692. The van der Waals surface area contributed by atoms with Gasteiger partial charge in [0.2, 0.25) is 10.0 Å². The van der Waals surface area contributed by atoms with E-state index in [-0.39, 0.29) is 13.0 Å². The Bertz CT molecular complexity index is 659. The summed E-state index contributed by atoms with van der Waals surface area (Å²) >= 11 is 0. The van der Waals surface area contributed by atoms with E-state index in [0.717, 1.165) is 18.6 Å². The SMILES string of the molecule is CCCCC(NS(=O)(=O)c1ccccc1[N+](=O)[O-])C(=O)OCC. The third-order valence-corrected chi connectivity index (χ3v) is 4.59. The molecule has 128 valence electrons.